The average Bonchev–Trinajstić information content (AvgIpc) is 3.53. The van der Waals surface area contributed by atoms with E-state index in [2.05, 4.69) is 11.5 Å². The fourth-order valence-electron chi connectivity index (χ4n) is 8.79. The van der Waals surface area contributed by atoms with E-state index in [1.54, 1.807) is 50.2 Å². The molecule has 4 aliphatic heterocycles. The number of phenolic OH excluding ortho intramolecular Hbond substituents is 1. The highest BCUT2D eigenvalue weighted by molar-refractivity contribution is 6.08. The Kier molecular flexibility index (Phi) is 10.6. The second-order valence-corrected chi connectivity index (χ2v) is 15.2. The number of likely N-dealkylation sites (tertiary alicyclic amines) is 1. The zero-order valence-corrected chi connectivity index (χ0v) is 31.8. The normalized spacial score (nSPS) is 21.0. The first-order chi connectivity index (χ1) is 27.2. The van der Waals surface area contributed by atoms with Gasteiger partial charge in [0.25, 0.3) is 5.91 Å². The number of carbonyl (C=O) groups is 4. The maximum absolute atomic E-state index is 14.7. The second-order valence-electron chi connectivity index (χ2n) is 15.2. The Morgan fingerprint density at radius 1 is 0.929 bits per heavy atom. The van der Waals surface area contributed by atoms with Gasteiger partial charge in [0.2, 0.25) is 17.7 Å². The predicted octanol–water partition coefficient (Wildman–Crippen LogP) is 3.03. The van der Waals surface area contributed by atoms with E-state index in [0.29, 0.717) is 31.1 Å². The van der Waals surface area contributed by atoms with Crippen LogP contribution in [-0.2, 0) is 45.6 Å². The SMILES string of the molecule is C=CCN1CC(=O)N2[C@@H](Cc3ccc(O)cc3)C(=O)N(Cc3cccc4c(C(=O)N5CC(N6CCOCC6)C5)cn(C)c34)C[C@@H]2N1C(=O)CCc1ccccc1. The first kappa shape index (κ1) is 37.4. The number of para-hydroxylation sites is 1. The number of fused-ring (bicyclic) bond motifs is 2. The molecule has 13 heteroatoms. The highest BCUT2D eigenvalue weighted by Gasteiger charge is 2.51. The summed E-state index contributed by atoms with van der Waals surface area (Å²) >= 11 is 0. The molecular formula is C43H49N7O6. The highest BCUT2D eigenvalue weighted by Crippen LogP contribution is 2.33. The van der Waals surface area contributed by atoms with Crippen molar-refractivity contribution in [3.05, 3.63) is 114 Å². The number of hydrazine groups is 1. The van der Waals surface area contributed by atoms with Crippen molar-refractivity contribution in [2.45, 2.75) is 44.1 Å². The number of phenols is 1. The summed E-state index contributed by atoms with van der Waals surface area (Å²) in [5.74, 6) is -0.523. The largest absolute Gasteiger partial charge is 0.508 e. The monoisotopic (exact) mass is 759 g/mol. The number of carbonyl (C=O) groups excluding carboxylic acids is 4. The van der Waals surface area contributed by atoms with Crippen LogP contribution in [0.2, 0.25) is 0 Å². The molecule has 0 unspecified atom stereocenters. The summed E-state index contributed by atoms with van der Waals surface area (Å²) in [5.41, 5.74) is 4.15. The molecule has 56 heavy (non-hydrogen) atoms. The smallest absolute Gasteiger partial charge is 0.256 e. The molecule has 0 saturated carbocycles. The van der Waals surface area contributed by atoms with Gasteiger partial charge in [0.05, 0.1) is 37.4 Å². The Morgan fingerprint density at radius 2 is 1.68 bits per heavy atom. The number of hydrogen-bond donors (Lipinski definition) is 1. The van der Waals surface area contributed by atoms with Crippen molar-refractivity contribution in [2.24, 2.45) is 7.05 Å². The number of nitrogens with zero attached hydrogens (tertiary/aromatic N) is 7. The first-order valence-corrected chi connectivity index (χ1v) is 19.5. The standard InChI is InChI=1S/C43H49N7O6/c1-3-18-48-29-40(53)49-37(23-31-12-15-34(51)16-13-31)43(55)46(28-38(49)50(48)39(52)17-14-30-8-5-4-6-9-30)24-32-10-7-11-35-36(27-44(2)41(32)35)42(54)47-25-33(26-47)45-19-21-56-22-20-45/h3-13,15-16,27,33,37-38,51H,1,14,17-26,28-29H2,2H3/t37-,38-/m0/s1. The third-order valence-corrected chi connectivity index (χ3v) is 11.6. The van der Waals surface area contributed by atoms with Gasteiger partial charge in [-0.1, -0.05) is 66.7 Å². The summed E-state index contributed by atoms with van der Waals surface area (Å²) in [6.07, 6.45) is 3.76. The lowest BCUT2D eigenvalue weighted by molar-refractivity contribution is -0.205. The number of amides is 4. The van der Waals surface area contributed by atoms with Crippen LogP contribution >= 0.6 is 0 Å². The first-order valence-electron chi connectivity index (χ1n) is 19.5. The van der Waals surface area contributed by atoms with E-state index in [4.69, 9.17) is 4.74 Å². The number of piperazine rings is 1. The number of hydrogen-bond acceptors (Lipinski definition) is 8. The van der Waals surface area contributed by atoms with E-state index in [1.165, 1.54) is 0 Å². The Hall–Kier alpha value is -5.50. The molecule has 0 spiro atoms. The van der Waals surface area contributed by atoms with Crippen molar-refractivity contribution >= 4 is 34.5 Å². The van der Waals surface area contributed by atoms with Crippen LogP contribution in [0, 0.1) is 0 Å². The van der Waals surface area contributed by atoms with Gasteiger partial charge in [0.1, 0.15) is 18.0 Å². The highest BCUT2D eigenvalue weighted by atomic mass is 16.5. The van der Waals surface area contributed by atoms with Gasteiger partial charge in [0.15, 0.2) is 0 Å². The lowest BCUT2D eigenvalue weighted by Crippen LogP contribution is -2.75. The molecule has 0 bridgehead atoms. The van der Waals surface area contributed by atoms with Crippen molar-refractivity contribution in [2.75, 3.05) is 59.0 Å². The van der Waals surface area contributed by atoms with Crippen LogP contribution in [0.1, 0.15) is 33.5 Å². The second kappa shape index (κ2) is 15.9. The maximum atomic E-state index is 14.7. The Morgan fingerprint density at radius 3 is 2.41 bits per heavy atom. The molecule has 8 rings (SSSR count). The summed E-state index contributed by atoms with van der Waals surface area (Å²) in [6, 6.07) is 21.8. The summed E-state index contributed by atoms with van der Waals surface area (Å²) in [7, 11) is 1.92. The van der Waals surface area contributed by atoms with E-state index in [9.17, 15) is 24.3 Å². The molecular weight excluding hydrogens is 711 g/mol. The number of benzene rings is 3. The fraction of sp³-hybridized carbons (Fsp3) is 0.395. The molecule has 4 saturated heterocycles. The molecule has 0 aliphatic carbocycles. The van der Waals surface area contributed by atoms with E-state index in [-0.39, 0.29) is 68.4 Å². The number of aromatic nitrogens is 1. The summed E-state index contributed by atoms with van der Waals surface area (Å²) in [5, 5.41) is 14.2. The molecule has 0 radical (unpaired) electrons. The minimum absolute atomic E-state index is 0.0106. The van der Waals surface area contributed by atoms with Crippen LogP contribution in [0.3, 0.4) is 0 Å². The van der Waals surface area contributed by atoms with E-state index in [0.717, 1.165) is 53.9 Å². The third kappa shape index (κ3) is 7.29. The van der Waals surface area contributed by atoms with Crippen LogP contribution in [0.5, 0.6) is 5.75 Å². The minimum Gasteiger partial charge on any atom is -0.508 e. The molecule has 1 aromatic heterocycles. The van der Waals surface area contributed by atoms with Crippen LogP contribution in [-0.4, -0.2) is 140 Å². The molecule has 5 heterocycles. The summed E-state index contributed by atoms with van der Waals surface area (Å²) < 4.78 is 7.47. The molecule has 3 aromatic carbocycles. The maximum Gasteiger partial charge on any atom is 0.256 e. The van der Waals surface area contributed by atoms with Gasteiger partial charge in [-0.3, -0.25) is 24.1 Å². The van der Waals surface area contributed by atoms with Crippen molar-refractivity contribution < 1.29 is 29.0 Å². The molecule has 13 nitrogen and oxygen atoms in total. The molecule has 4 aliphatic rings. The van der Waals surface area contributed by atoms with Crippen LogP contribution < -0.4 is 0 Å². The Bertz CT molecular complexity index is 2110. The molecule has 4 amide bonds. The Labute approximate surface area is 326 Å². The van der Waals surface area contributed by atoms with Crippen molar-refractivity contribution in [1.82, 2.24) is 34.2 Å². The van der Waals surface area contributed by atoms with E-state index >= 15 is 0 Å². The lowest BCUT2D eigenvalue weighted by atomic mass is 9.97. The van der Waals surface area contributed by atoms with E-state index < -0.39 is 12.2 Å². The zero-order valence-electron chi connectivity index (χ0n) is 31.8. The summed E-state index contributed by atoms with van der Waals surface area (Å²) in [4.78, 5) is 64.6. The molecule has 4 fully saturated rings. The van der Waals surface area contributed by atoms with Crippen LogP contribution in [0.25, 0.3) is 10.9 Å². The van der Waals surface area contributed by atoms with Gasteiger partial charge in [-0.05, 0) is 35.2 Å². The number of ether oxygens (including phenoxy) is 1. The lowest BCUT2D eigenvalue weighted by Gasteiger charge is -2.55. The molecule has 2 atom stereocenters. The Balaban J connectivity index is 1.10. The van der Waals surface area contributed by atoms with Gasteiger partial charge in [-0.25, -0.2) is 10.0 Å². The predicted molar refractivity (Wildman–Crippen MR) is 210 cm³/mol. The average molecular weight is 760 g/mol. The van der Waals surface area contributed by atoms with Gasteiger partial charge >= 0.3 is 0 Å². The van der Waals surface area contributed by atoms with E-state index in [1.807, 2.05) is 71.2 Å². The van der Waals surface area contributed by atoms with Crippen molar-refractivity contribution in [1.29, 1.82) is 0 Å². The summed E-state index contributed by atoms with van der Waals surface area (Å²) in [6.45, 7) is 9.00. The molecule has 1 N–H and O–H groups in total. The minimum atomic E-state index is -0.892. The van der Waals surface area contributed by atoms with Crippen molar-refractivity contribution in [3.8, 4) is 5.75 Å². The quantitative estimate of drug-likeness (QED) is 0.232. The fourth-order valence-corrected chi connectivity index (χ4v) is 8.79. The topological polar surface area (TPSA) is 122 Å². The number of rotatable bonds is 11. The van der Waals surface area contributed by atoms with Gasteiger partial charge in [-0.2, -0.15) is 0 Å². The van der Waals surface area contributed by atoms with Crippen molar-refractivity contribution in [3.63, 3.8) is 0 Å². The van der Waals surface area contributed by atoms with Gasteiger partial charge in [0, 0.05) is 76.8 Å². The third-order valence-electron chi connectivity index (χ3n) is 11.6. The van der Waals surface area contributed by atoms with Crippen LogP contribution in [0.15, 0.2) is 91.6 Å². The molecule has 4 aromatic rings. The van der Waals surface area contributed by atoms with Gasteiger partial charge in [-0.15, -0.1) is 6.58 Å². The zero-order chi connectivity index (χ0) is 38.9. The number of morpholine rings is 1. The number of aromatic hydroxyl groups is 1. The number of aryl methyl sites for hydroxylation is 2. The molecule has 292 valence electrons. The van der Waals surface area contributed by atoms with Crippen LogP contribution in [0.4, 0.5) is 0 Å². The van der Waals surface area contributed by atoms with Gasteiger partial charge < -0.3 is 29.1 Å².